The van der Waals surface area contributed by atoms with Crippen LogP contribution in [0.4, 0.5) is 0 Å². The van der Waals surface area contributed by atoms with Crippen LogP contribution in [0.25, 0.3) is 0 Å². The van der Waals surface area contributed by atoms with Crippen LogP contribution in [-0.2, 0) is 4.57 Å². The lowest BCUT2D eigenvalue weighted by molar-refractivity contribution is 0.505. The molecule has 0 spiro atoms. The van der Waals surface area contributed by atoms with Gasteiger partial charge in [0.2, 0.25) is 0 Å². The van der Waals surface area contributed by atoms with E-state index in [9.17, 15) is 4.57 Å². The topological polar surface area (TPSA) is 26.3 Å². The highest BCUT2D eigenvalue weighted by atomic mass is 35.5. The van der Waals surface area contributed by atoms with Crippen molar-refractivity contribution >= 4 is 29.6 Å². The van der Waals surface area contributed by atoms with Gasteiger partial charge in [-0.25, -0.2) is 0 Å². The fraction of sp³-hybridized carbons (Fsp3) is 0.455. The quantitative estimate of drug-likeness (QED) is 0.710. The summed E-state index contributed by atoms with van der Waals surface area (Å²) in [4.78, 5) is 0. The lowest BCUT2D eigenvalue weighted by Gasteiger charge is -2.15. The largest absolute Gasteiger partial charge is 0.435 e. The zero-order chi connectivity index (χ0) is 12.2. The van der Waals surface area contributed by atoms with Crippen LogP contribution in [0.1, 0.15) is 18.9 Å². The second-order valence-corrected chi connectivity index (χ2v) is 9.19. The van der Waals surface area contributed by atoms with Gasteiger partial charge >= 0.3 is 0 Å². The number of rotatable bonds is 5. The molecule has 1 atom stereocenters. The van der Waals surface area contributed by atoms with Gasteiger partial charge in [0.05, 0.1) is 5.02 Å². The average molecular weight is 279 g/mol. The molecule has 1 unspecified atom stereocenters. The molecule has 90 valence electrons. The summed E-state index contributed by atoms with van der Waals surface area (Å²) in [5, 5.41) is 0.513. The Morgan fingerprint density at radius 1 is 1.50 bits per heavy atom. The van der Waals surface area contributed by atoms with Crippen molar-refractivity contribution in [1.29, 1.82) is 0 Å². The maximum absolute atomic E-state index is 12.1. The molecule has 0 bridgehead atoms. The van der Waals surface area contributed by atoms with Crippen molar-refractivity contribution in [1.82, 2.24) is 0 Å². The van der Waals surface area contributed by atoms with Crippen molar-refractivity contribution < 1.29 is 9.09 Å². The predicted octanol–water partition coefficient (Wildman–Crippen LogP) is 4.99. The molecule has 1 rings (SSSR count). The van der Waals surface area contributed by atoms with E-state index in [0.29, 0.717) is 10.8 Å². The van der Waals surface area contributed by atoms with E-state index >= 15 is 0 Å². The molecule has 1 aromatic carbocycles. The summed E-state index contributed by atoms with van der Waals surface area (Å²) < 4.78 is 17.5. The van der Waals surface area contributed by atoms with E-state index in [1.807, 2.05) is 19.9 Å². The summed E-state index contributed by atoms with van der Waals surface area (Å²) >= 11 is 7.38. The van der Waals surface area contributed by atoms with E-state index in [4.69, 9.17) is 16.1 Å². The van der Waals surface area contributed by atoms with Crippen LogP contribution in [-0.4, -0.2) is 12.4 Å². The Morgan fingerprint density at radius 2 is 2.19 bits per heavy atom. The Hall–Kier alpha value is -0.110. The zero-order valence-corrected chi connectivity index (χ0v) is 12.2. The molecule has 2 nitrogen and oxygen atoms in total. The Balaban J connectivity index is 2.76. The van der Waals surface area contributed by atoms with Gasteiger partial charge < -0.3 is 4.52 Å². The smallest absolute Gasteiger partial charge is 0.300 e. The van der Waals surface area contributed by atoms with E-state index in [-0.39, 0.29) is 0 Å². The van der Waals surface area contributed by atoms with Crippen LogP contribution in [0.15, 0.2) is 18.2 Å². The SMILES string of the molecule is CCCSP(C)(=O)Oc1ccc(C)cc1Cl. The molecule has 1 aromatic rings. The van der Waals surface area contributed by atoms with Gasteiger partial charge in [-0.1, -0.05) is 36.0 Å². The Morgan fingerprint density at radius 3 is 2.75 bits per heavy atom. The minimum atomic E-state index is -2.64. The molecule has 0 radical (unpaired) electrons. The number of benzene rings is 1. The summed E-state index contributed by atoms with van der Waals surface area (Å²) in [7, 11) is 0. The lowest BCUT2D eigenvalue weighted by Crippen LogP contribution is -1.90. The van der Waals surface area contributed by atoms with Crippen LogP contribution in [0.3, 0.4) is 0 Å². The van der Waals surface area contributed by atoms with Crippen molar-refractivity contribution in [3.05, 3.63) is 28.8 Å². The standard InChI is InChI=1S/C11H16ClO2PS/c1-4-7-16-15(3,13)14-11-6-5-9(2)8-10(11)12/h5-6,8H,4,7H2,1-3H3. The van der Waals surface area contributed by atoms with Gasteiger partial charge in [-0.05, 0) is 31.0 Å². The van der Waals surface area contributed by atoms with Gasteiger partial charge in [0.15, 0.2) is 0 Å². The van der Waals surface area contributed by atoms with Crippen molar-refractivity contribution in [2.24, 2.45) is 0 Å². The van der Waals surface area contributed by atoms with Crippen LogP contribution in [0, 0.1) is 6.92 Å². The highest BCUT2D eigenvalue weighted by molar-refractivity contribution is 8.56. The lowest BCUT2D eigenvalue weighted by atomic mass is 10.2. The fourth-order valence-corrected chi connectivity index (χ4v) is 4.49. The number of aryl methyl sites for hydroxylation is 1. The van der Waals surface area contributed by atoms with Gasteiger partial charge in [0.25, 0.3) is 6.57 Å². The molecule has 0 aliphatic carbocycles. The third-order valence-corrected chi connectivity index (χ3v) is 5.94. The second-order valence-electron chi connectivity index (χ2n) is 3.63. The van der Waals surface area contributed by atoms with E-state index < -0.39 is 6.57 Å². The van der Waals surface area contributed by atoms with E-state index in [2.05, 4.69) is 0 Å². The van der Waals surface area contributed by atoms with Crippen molar-refractivity contribution in [2.75, 3.05) is 12.4 Å². The molecule has 16 heavy (non-hydrogen) atoms. The zero-order valence-electron chi connectivity index (χ0n) is 9.70. The number of hydrogen-bond donors (Lipinski definition) is 0. The molecule has 0 N–H and O–H groups in total. The summed E-state index contributed by atoms with van der Waals surface area (Å²) in [6.07, 6.45) is 0.980. The normalized spacial score (nSPS) is 14.5. The molecular weight excluding hydrogens is 263 g/mol. The van der Waals surface area contributed by atoms with Gasteiger partial charge in [-0.15, -0.1) is 0 Å². The molecule has 0 amide bonds. The minimum Gasteiger partial charge on any atom is -0.435 e. The van der Waals surface area contributed by atoms with Crippen molar-refractivity contribution in [2.45, 2.75) is 20.3 Å². The Bertz CT molecular complexity index is 409. The molecule has 0 saturated carbocycles. The van der Waals surface area contributed by atoms with Crippen LogP contribution in [0.2, 0.25) is 5.02 Å². The minimum absolute atomic E-state index is 0.502. The van der Waals surface area contributed by atoms with Crippen LogP contribution in [0.5, 0.6) is 5.75 Å². The van der Waals surface area contributed by atoms with Gasteiger partial charge in [0, 0.05) is 12.4 Å². The molecule has 0 saturated heterocycles. The van der Waals surface area contributed by atoms with Crippen molar-refractivity contribution in [3.63, 3.8) is 0 Å². The summed E-state index contributed by atoms with van der Waals surface area (Å²) in [5.74, 6) is 1.33. The molecule has 0 aliphatic rings. The first kappa shape index (κ1) is 14.0. The summed E-state index contributed by atoms with van der Waals surface area (Å²) in [6, 6.07) is 5.47. The molecule has 0 aliphatic heterocycles. The van der Waals surface area contributed by atoms with Gasteiger partial charge in [-0.3, -0.25) is 4.57 Å². The molecule has 0 heterocycles. The second kappa shape index (κ2) is 6.00. The van der Waals surface area contributed by atoms with Gasteiger partial charge in [-0.2, -0.15) is 0 Å². The highest BCUT2D eigenvalue weighted by Crippen LogP contribution is 2.56. The third kappa shape index (κ3) is 4.40. The molecule has 0 aromatic heterocycles. The Kier molecular flexibility index (Phi) is 5.23. The maximum atomic E-state index is 12.1. The first-order valence-corrected chi connectivity index (χ1v) is 9.16. The van der Waals surface area contributed by atoms with Gasteiger partial charge in [0.1, 0.15) is 5.75 Å². The molecule has 5 heteroatoms. The van der Waals surface area contributed by atoms with E-state index in [0.717, 1.165) is 17.7 Å². The number of hydrogen-bond acceptors (Lipinski definition) is 3. The number of halogens is 1. The third-order valence-electron chi connectivity index (χ3n) is 1.88. The summed E-state index contributed by atoms with van der Waals surface area (Å²) in [5.41, 5.74) is 1.06. The average Bonchev–Trinajstić information content (AvgIpc) is 2.19. The predicted molar refractivity (Wildman–Crippen MR) is 73.1 cm³/mol. The summed E-state index contributed by atoms with van der Waals surface area (Å²) in [6.45, 7) is 2.99. The Labute approximate surface area is 106 Å². The molecular formula is C11H16ClO2PS. The molecule has 0 fully saturated rings. The van der Waals surface area contributed by atoms with Crippen molar-refractivity contribution in [3.8, 4) is 5.75 Å². The fourth-order valence-electron chi connectivity index (χ4n) is 1.14. The first-order valence-electron chi connectivity index (χ1n) is 5.12. The van der Waals surface area contributed by atoms with E-state index in [1.54, 1.807) is 18.8 Å². The van der Waals surface area contributed by atoms with E-state index in [1.165, 1.54) is 11.4 Å². The highest BCUT2D eigenvalue weighted by Gasteiger charge is 2.19. The van der Waals surface area contributed by atoms with Crippen LogP contribution >= 0.6 is 29.6 Å². The maximum Gasteiger partial charge on any atom is 0.300 e. The van der Waals surface area contributed by atoms with Crippen LogP contribution < -0.4 is 4.52 Å². The first-order chi connectivity index (χ1) is 7.44. The monoisotopic (exact) mass is 278 g/mol.